The second-order valence-corrected chi connectivity index (χ2v) is 4.14. The average Bonchev–Trinajstić information content (AvgIpc) is 2.32. The van der Waals surface area contributed by atoms with Crippen LogP contribution in [0, 0.1) is 10.1 Å². The fourth-order valence-corrected chi connectivity index (χ4v) is 1.86. The molecule has 1 aliphatic carbocycles. The van der Waals surface area contributed by atoms with Crippen LogP contribution in [0.25, 0.3) is 0 Å². The Morgan fingerprint density at radius 1 is 1.56 bits per heavy atom. The molecule has 1 heterocycles. The van der Waals surface area contributed by atoms with Gasteiger partial charge < -0.3 is 15.5 Å². The molecule has 0 bridgehead atoms. The number of nitrogens with two attached hydrogens (primary N) is 1. The molecule has 8 heteroatoms. The van der Waals surface area contributed by atoms with E-state index >= 15 is 0 Å². The summed E-state index contributed by atoms with van der Waals surface area (Å²) in [7, 11) is 1.65. The van der Waals surface area contributed by atoms with Crippen LogP contribution in [0.15, 0.2) is 12.1 Å². The molecule has 0 aliphatic heterocycles. The monoisotopic (exact) mass is 253 g/mol. The lowest BCUT2D eigenvalue weighted by molar-refractivity contribution is -0.384. The van der Waals surface area contributed by atoms with Gasteiger partial charge in [0.2, 0.25) is 5.82 Å². The number of ether oxygens (including phenoxy) is 1. The number of aromatic nitrogens is 1. The molecule has 4 N–H and O–H groups in total. The van der Waals surface area contributed by atoms with Crippen LogP contribution in [0.4, 0.5) is 17.3 Å². The highest BCUT2D eigenvalue weighted by Gasteiger charge is 2.31. The molecule has 2 rings (SSSR count). The molecule has 0 atom stereocenters. The molecular weight excluding hydrogens is 238 g/mol. The maximum absolute atomic E-state index is 10.9. The van der Waals surface area contributed by atoms with Crippen LogP contribution < -0.4 is 16.6 Å². The molecule has 1 fully saturated rings. The lowest BCUT2D eigenvalue weighted by Crippen LogP contribution is -2.40. The van der Waals surface area contributed by atoms with Crippen molar-refractivity contribution in [1.82, 2.24) is 4.98 Å². The maximum Gasteiger partial charge on any atom is 0.311 e. The van der Waals surface area contributed by atoms with E-state index in [1.165, 1.54) is 12.1 Å². The third-order valence-electron chi connectivity index (χ3n) is 2.99. The van der Waals surface area contributed by atoms with E-state index in [1.54, 1.807) is 7.11 Å². The highest BCUT2D eigenvalue weighted by atomic mass is 16.6. The fraction of sp³-hybridized carbons (Fsp3) is 0.500. The molecule has 1 aromatic heterocycles. The van der Waals surface area contributed by atoms with Gasteiger partial charge in [0.15, 0.2) is 0 Å². The van der Waals surface area contributed by atoms with Gasteiger partial charge in [-0.25, -0.2) is 10.8 Å². The molecule has 0 amide bonds. The Balaban J connectivity index is 2.12. The van der Waals surface area contributed by atoms with Crippen LogP contribution in [-0.2, 0) is 4.74 Å². The first-order chi connectivity index (χ1) is 8.63. The Morgan fingerprint density at radius 2 is 2.28 bits per heavy atom. The number of nitrogens with one attached hydrogen (secondary N) is 2. The molecule has 1 aliphatic rings. The highest BCUT2D eigenvalue weighted by Crippen LogP contribution is 2.30. The predicted octanol–water partition coefficient (Wildman–Crippen LogP) is 0.865. The summed E-state index contributed by atoms with van der Waals surface area (Å²) in [6.45, 7) is 0. The third kappa shape index (κ3) is 2.49. The van der Waals surface area contributed by atoms with E-state index in [1.807, 2.05) is 0 Å². The Bertz CT molecular complexity index is 447. The van der Waals surface area contributed by atoms with E-state index in [9.17, 15) is 10.1 Å². The van der Waals surface area contributed by atoms with Gasteiger partial charge in [0.1, 0.15) is 5.82 Å². The summed E-state index contributed by atoms with van der Waals surface area (Å²) < 4.78 is 5.15. The Morgan fingerprint density at radius 3 is 2.83 bits per heavy atom. The van der Waals surface area contributed by atoms with E-state index in [-0.39, 0.29) is 23.7 Å². The maximum atomic E-state index is 10.9. The quantitative estimate of drug-likeness (QED) is 0.405. The van der Waals surface area contributed by atoms with Gasteiger partial charge in [-0.2, -0.15) is 0 Å². The van der Waals surface area contributed by atoms with Gasteiger partial charge in [-0.1, -0.05) is 0 Å². The second kappa shape index (κ2) is 5.15. The van der Waals surface area contributed by atoms with Crippen LogP contribution in [0.5, 0.6) is 0 Å². The number of hydrazine groups is 1. The van der Waals surface area contributed by atoms with Crippen molar-refractivity contribution in [3.8, 4) is 0 Å². The number of anilines is 2. The van der Waals surface area contributed by atoms with Gasteiger partial charge in [-0.05, 0) is 18.9 Å². The van der Waals surface area contributed by atoms with Gasteiger partial charge in [-0.3, -0.25) is 10.1 Å². The largest absolute Gasteiger partial charge is 0.381 e. The Hall–Kier alpha value is -1.93. The topological polar surface area (TPSA) is 115 Å². The van der Waals surface area contributed by atoms with Crippen molar-refractivity contribution in [3.63, 3.8) is 0 Å². The van der Waals surface area contributed by atoms with Gasteiger partial charge in [0.25, 0.3) is 0 Å². The molecule has 1 aromatic rings. The molecule has 8 nitrogen and oxygen atoms in total. The normalized spacial score (nSPS) is 22.1. The molecule has 0 unspecified atom stereocenters. The molecule has 0 radical (unpaired) electrons. The summed E-state index contributed by atoms with van der Waals surface area (Å²) >= 11 is 0. The summed E-state index contributed by atoms with van der Waals surface area (Å²) in [6.07, 6.45) is 1.85. The van der Waals surface area contributed by atoms with Crippen LogP contribution in [0.2, 0.25) is 0 Å². The number of rotatable bonds is 5. The first-order valence-corrected chi connectivity index (χ1v) is 5.55. The van der Waals surface area contributed by atoms with Crippen molar-refractivity contribution in [2.75, 3.05) is 17.9 Å². The van der Waals surface area contributed by atoms with E-state index in [2.05, 4.69) is 15.7 Å². The fourth-order valence-electron chi connectivity index (χ4n) is 1.86. The predicted molar refractivity (Wildman–Crippen MR) is 66.1 cm³/mol. The number of nitrogen functional groups attached to an aromatic ring is 1. The first-order valence-electron chi connectivity index (χ1n) is 5.55. The van der Waals surface area contributed by atoms with Crippen molar-refractivity contribution in [2.24, 2.45) is 5.84 Å². The van der Waals surface area contributed by atoms with Crippen LogP contribution in [0.1, 0.15) is 12.8 Å². The summed E-state index contributed by atoms with van der Waals surface area (Å²) in [5.74, 6) is 5.85. The number of hydrogen-bond donors (Lipinski definition) is 3. The summed E-state index contributed by atoms with van der Waals surface area (Å²) in [5.41, 5.74) is 2.30. The summed E-state index contributed by atoms with van der Waals surface area (Å²) in [4.78, 5) is 14.5. The smallest absolute Gasteiger partial charge is 0.311 e. The van der Waals surface area contributed by atoms with Crippen LogP contribution >= 0.6 is 0 Å². The number of hydrogen-bond acceptors (Lipinski definition) is 7. The van der Waals surface area contributed by atoms with Gasteiger partial charge in [0, 0.05) is 19.2 Å². The van der Waals surface area contributed by atoms with Gasteiger partial charge in [0.05, 0.1) is 11.0 Å². The SMILES string of the molecule is COC1CC(Nc2nc(NN)ccc2[N+](=O)[O-])C1. The number of nitrogens with zero attached hydrogens (tertiary/aromatic N) is 2. The minimum atomic E-state index is -0.470. The Kier molecular flexibility index (Phi) is 3.58. The van der Waals surface area contributed by atoms with Crippen molar-refractivity contribution in [3.05, 3.63) is 22.2 Å². The molecular formula is C10H15N5O3. The summed E-state index contributed by atoms with van der Waals surface area (Å²) in [5, 5.41) is 13.9. The zero-order valence-electron chi connectivity index (χ0n) is 9.92. The molecule has 18 heavy (non-hydrogen) atoms. The minimum Gasteiger partial charge on any atom is -0.381 e. The van der Waals surface area contributed by atoms with Gasteiger partial charge >= 0.3 is 5.69 Å². The number of nitro groups is 1. The molecule has 98 valence electrons. The van der Waals surface area contributed by atoms with E-state index in [0.717, 1.165) is 12.8 Å². The first kappa shape index (κ1) is 12.5. The minimum absolute atomic E-state index is 0.0603. The van der Waals surface area contributed by atoms with Crippen LogP contribution in [-0.4, -0.2) is 29.2 Å². The van der Waals surface area contributed by atoms with Crippen LogP contribution in [0.3, 0.4) is 0 Å². The van der Waals surface area contributed by atoms with Gasteiger partial charge in [-0.15, -0.1) is 0 Å². The molecule has 0 spiro atoms. The molecule has 0 saturated heterocycles. The second-order valence-electron chi connectivity index (χ2n) is 4.14. The molecule has 1 saturated carbocycles. The number of pyridine rings is 1. The third-order valence-corrected chi connectivity index (χ3v) is 2.99. The van der Waals surface area contributed by atoms with Crippen molar-refractivity contribution in [2.45, 2.75) is 25.0 Å². The lowest BCUT2D eigenvalue weighted by Gasteiger charge is -2.34. The van der Waals surface area contributed by atoms with E-state index < -0.39 is 4.92 Å². The number of methoxy groups -OCH3 is 1. The van der Waals surface area contributed by atoms with Crippen molar-refractivity contribution >= 4 is 17.3 Å². The van der Waals surface area contributed by atoms with E-state index in [4.69, 9.17) is 10.6 Å². The zero-order chi connectivity index (χ0) is 13.1. The van der Waals surface area contributed by atoms with Crippen molar-refractivity contribution in [1.29, 1.82) is 0 Å². The van der Waals surface area contributed by atoms with E-state index in [0.29, 0.717) is 5.82 Å². The zero-order valence-corrected chi connectivity index (χ0v) is 9.92. The lowest BCUT2D eigenvalue weighted by atomic mass is 9.89. The van der Waals surface area contributed by atoms with Crippen molar-refractivity contribution < 1.29 is 9.66 Å². The standard InChI is InChI=1S/C10H15N5O3/c1-18-7-4-6(5-7)12-10-8(15(16)17)2-3-9(13-10)14-11/h2-3,6-7H,4-5,11H2,1H3,(H2,12,13,14). The molecule has 0 aromatic carbocycles. The Labute approximate surface area is 104 Å². The highest BCUT2D eigenvalue weighted by molar-refractivity contribution is 5.60. The summed E-state index contributed by atoms with van der Waals surface area (Å²) in [6, 6.07) is 2.98. The average molecular weight is 253 g/mol.